The van der Waals surface area contributed by atoms with Crippen molar-refractivity contribution in [2.24, 2.45) is 11.0 Å². The van der Waals surface area contributed by atoms with E-state index in [1.807, 2.05) is 0 Å². The predicted octanol–water partition coefficient (Wildman–Crippen LogP) is 4.35. The molecular formula is C25H18F2N4O. The van der Waals surface area contributed by atoms with Crippen molar-refractivity contribution in [3.8, 4) is 6.07 Å². The Kier molecular flexibility index (Phi) is 4.91. The average molecular weight is 428 g/mol. The summed E-state index contributed by atoms with van der Waals surface area (Å²) in [5, 5.41) is 18.2. The van der Waals surface area contributed by atoms with Crippen molar-refractivity contribution in [3.05, 3.63) is 95.1 Å². The van der Waals surface area contributed by atoms with Crippen LogP contribution in [0.1, 0.15) is 29.5 Å². The highest BCUT2D eigenvalue weighted by Gasteiger charge is 2.33. The molecule has 158 valence electrons. The summed E-state index contributed by atoms with van der Waals surface area (Å²) in [4.78, 5) is 13.0. The molecule has 1 saturated carbocycles. The van der Waals surface area contributed by atoms with Crippen molar-refractivity contribution in [1.82, 2.24) is 10.3 Å². The second kappa shape index (κ2) is 7.89. The van der Waals surface area contributed by atoms with Crippen LogP contribution in [0.3, 0.4) is 0 Å². The summed E-state index contributed by atoms with van der Waals surface area (Å²) in [6.07, 6.45) is 8.03. The van der Waals surface area contributed by atoms with Gasteiger partial charge in [0.1, 0.15) is 17.8 Å². The summed E-state index contributed by atoms with van der Waals surface area (Å²) in [5.41, 5.74) is 3.35. The molecule has 1 N–H and O–H groups in total. The third kappa shape index (κ3) is 3.83. The normalized spacial score (nSPS) is 20.2. The lowest BCUT2D eigenvalue weighted by molar-refractivity contribution is -0.128. The van der Waals surface area contributed by atoms with Crippen LogP contribution < -0.4 is 5.32 Å². The van der Waals surface area contributed by atoms with Gasteiger partial charge in [0.15, 0.2) is 0 Å². The lowest BCUT2D eigenvalue weighted by Gasteiger charge is -2.33. The van der Waals surface area contributed by atoms with E-state index in [0.29, 0.717) is 16.8 Å². The van der Waals surface area contributed by atoms with Crippen molar-refractivity contribution in [2.75, 3.05) is 0 Å². The molecule has 1 aliphatic carbocycles. The Morgan fingerprint density at radius 3 is 2.56 bits per heavy atom. The standard InChI is InChI=1S/C25H18F2N4O/c26-19-8-9-20(21(27)12-19)18-7-10-22(16-5-6-16)30-31-24(11-18)29-23(13-25(31)32)17-3-1-15(14-28)2-4-17/h1-4,7-13,16,24,29H,5-6H2. The quantitative estimate of drug-likeness (QED) is 0.790. The first-order valence-corrected chi connectivity index (χ1v) is 10.3. The third-order valence-corrected chi connectivity index (χ3v) is 5.62. The zero-order valence-corrected chi connectivity index (χ0v) is 16.9. The van der Waals surface area contributed by atoms with Gasteiger partial charge in [-0.05, 0) is 60.4 Å². The second-order valence-electron chi connectivity index (χ2n) is 7.90. The Morgan fingerprint density at radius 1 is 1.09 bits per heavy atom. The number of fused-ring (bicyclic) bond motifs is 1. The molecule has 1 fully saturated rings. The fraction of sp³-hybridized carbons (Fsp3) is 0.160. The van der Waals surface area contributed by atoms with Crippen LogP contribution in [0.15, 0.2) is 71.9 Å². The fourth-order valence-corrected chi connectivity index (χ4v) is 3.76. The van der Waals surface area contributed by atoms with E-state index in [-0.39, 0.29) is 17.4 Å². The molecule has 2 aliphatic heterocycles. The van der Waals surface area contributed by atoms with Gasteiger partial charge in [-0.1, -0.05) is 18.2 Å². The van der Waals surface area contributed by atoms with E-state index in [4.69, 9.17) is 5.26 Å². The first-order valence-electron chi connectivity index (χ1n) is 10.3. The zero-order valence-electron chi connectivity index (χ0n) is 16.9. The van der Waals surface area contributed by atoms with E-state index in [2.05, 4.69) is 16.5 Å². The number of hydrogen-bond donors (Lipinski definition) is 1. The molecule has 0 radical (unpaired) electrons. The molecule has 2 aromatic rings. The van der Waals surface area contributed by atoms with Gasteiger partial charge in [0.05, 0.1) is 17.3 Å². The molecule has 0 saturated heterocycles. The Labute approximate surface area is 183 Å². The van der Waals surface area contributed by atoms with Gasteiger partial charge in [-0.3, -0.25) is 4.79 Å². The number of carbonyl (C=O) groups is 1. The Hall–Kier alpha value is -4.05. The molecule has 0 spiro atoms. The van der Waals surface area contributed by atoms with E-state index >= 15 is 0 Å². The molecule has 2 heterocycles. The molecule has 32 heavy (non-hydrogen) atoms. The van der Waals surface area contributed by atoms with Gasteiger partial charge in [-0.15, -0.1) is 0 Å². The first kappa shape index (κ1) is 19.9. The molecule has 7 heteroatoms. The van der Waals surface area contributed by atoms with Crippen LogP contribution >= 0.6 is 0 Å². The van der Waals surface area contributed by atoms with Crippen LogP contribution in [-0.2, 0) is 4.79 Å². The molecular weight excluding hydrogens is 410 g/mol. The van der Waals surface area contributed by atoms with Gasteiger partial charge < -0.3 is 5.32 Å². The predicted molar refractivity (Wildman–Crippen MR) is 117 cm³/mol. The number of benzene rings is 2. The number of amides is 1. The molecule has 3 aliphatic rings. The van der Waals surface area contributed by atoms with Crippen LogP contribution in [0.2, 0.25) is 0 Å². The van der Waals surface area contributed by atoms with E-state index in [9.17, 15) is 13.6 Å². The molecule has 5 rings (SSSR count). The second-order valence-corrected chi connectivity index (χ2v) is 7.90. The summed E-state index contributed by atoms with van der Waals surface area (Å²) in [5.74, 6) is -1.37. The summed E-state index contributed by atoms with van der Waals surface area (Å²) in [6.45, 7) is 0. The number of nitrogens with zero attached hydrogens (tertiary/aromatic N) is 3. The highest BCUT2D eigenvalue weighted by atomic mass is 19.1. The van der Waals surface area contributed by atoms with Gasteiger partial charge in [0.2, 0.25) is 0 Å². The minimum absolute atomic E-state index is 0.239. The van der Waals surface area contributed by atoms with Crippen molar-refractivity contribution < 1.29 is 13.6 Å². The summed E-state index contributed by atoms with van der Waals surface area (Å²) >= 11 is 0. The van der Waals surface area contributed by atoms with Crippen LogP contribution in [0, 0.1) is 28.9 Å². The summed E-state index contributed by atoms with van der Waals surface area (Å²) < 4.78 is 28.0. The smallest absolute Gasteiger partial charge is 0.271 e. The van der Waals surface area contributed by atoms with Crippen molar-refractivity contribution in [3.63, 3.8) is 0 Å². The van der Waals surface area contributed by atoms with Crippen LogP contribution in [-0.4, -0.2) is 22.8 Å². The largest absolute Gasteiger partial charge is 0.360 e. The fourth-order valence-electron chi connectivity index (χ4n) is 3.76. The van der Waals surface area contributed by atoms with Gasteiger partial charge in [-0.2, -0.15) is 10.4 Å². The maximum atomic E-state index is 14.6. The monoisotopic (exact) mass is 428 g/mol. The average Bonchev–Trinajstić information content (AvgIpc) is 3.60. The third-order valence-electron chi connectivity index (χ3n) is 5.62. The number of carbonyl (C=O) groups excluding carboxylic acids is 1. The van der Waals surface area contributed by atoms with E-state index in [1.165, 1.54) is 23.2 Å². The Morgan fingerprint density at radius 2 is 1.88 bits per heavy atom. The van der Waals surface area contributed by atoms with Crippen LogP contribution in [0.4, 0.5) is 8.78 Å². The molecule has 5 nitrogen and oxygen atoms in total. The van der Waals surface area contributed by atoms with Crippen molar-refractivity contribution in [1.29, 1.82) is 5.26 Å². The maximum absolute atomic E-state index is 14.6. The molecule has 1 unspecified atom stereocenters. The molecule has 0 bridgehead atoms. The van der Waals surface area contributed by atoms with E-state index < -0.39 is 17.8 Å². The summed E-state index contributed by atoms with van der Waals surface area (Å²) in [7, 11) is 0. The number of rotatable bonds is 3. The van der Waals surface area contributed by atoms with Crippen LogP contribution in [0.5, 0.6) is 0 Å². The maximum Gasteiger partial charge on any atom is 0.271 e. The first-order chi connectivity index (χ1) is 15.5. The minimum atomic E-state index is -0.678. The van der Waals surface area contributed by atoms with Gasteiger partial charge in [-0.25, -0.2) is 13.8 Å². The Bertz CT molecular complexity index is 1260. The molecule has 0 aromatic heterocycles. The highest BCUT2D eigenvalue weighted by molar-refractivity contribution is 6.03. The van der Waals surface area contributed by atoms with E-state index in [0.717, 1.165) is 30.2 Å². The lowest BCUT2D eigenvalue weighted by atomic mass is 10.0. The minimum Gasteiger partial charge on any atom is -0.360 e. The molecule has 1 atom stereocenters. The number of halogens is 2. The molecule has 2 aromatic carbocycles. The summed E-state index contributed by atoms with van der Waals surface area (Å²) in [6, 6.07) is 12.4. The number of nitriles is 1. The van der Waals surface area contributed by atoms with Crippen molar-refractivity contribution in [2.45, 2.75) is 19.0 Å². The van der Waals surface area contributed by atoms with Crippen molar-refractivity contribution >= 4 is 22.9 Å². The number of hydrazone groups is 1. The number of allylic oxidation sites excluding steroid dienone is 3. The topological polar surface area (TPSA) is 68.5 Å². The lowest BCUT2D eigenvalue weighted by Crippen LogP contribution is -2.48. The van der Waals surface area contributed by atoms with Gasteiger partial charge in [0.25, 0.3) is 5.91 Å². The van der Waals surface area contributed by atoms with Gasteiger partial charge in [0, 0.05) is 29.3 Å². The SMILES string of the molecule is N#Cc1ccc(C2=CC(=O)N3N=C(C4CC4)C=CC(c4ccc(F)cc4F)=CC3N2)cc1. The molecule has 1 amide bonds. The highest BCUT2D eigenvalue weighted by Crippen LogP contribution is 2.34. The van der Waals surface area contributed by atoms with Gasteiger partial charge >= 0.3 is 0 Å². The van der Waals surface area contributed by atoms with E-state index in [1.54, 1.807) is 42.5 Å². The van der Waals surface area contributed by atoms with Crippen LogP contribution in [0.25, 0.3) is 11.3 Å². The zero-order chi connectivity index (χ0) is 22.2. The number of hydrogen-bond acceptors (Lipinski definition) is 4. The number of nitrogens with one attached hydrogen (secondary N) is 1. The Balaban J connectivity index is 1.58.